The van der Waals surface area contributed by atoms with Crippen LogP contribution < -0.4 is 26.0 Å². The first-order valence-electron chi connectivity index (χ1n) is 15.9. The third kappa shape index (κ3) is 8.83. The molecule has 3 atom stereocenters. The van der Waals surface area contributed by atoms with Crippen LogP contribution in [0.5, 0.6) is 5.75 Å². The normalized spacial score (nSPS) is 19.0. The number of amides is 4. The molecule has 4 aromatic rings. The van der Waals surface area contributed by atoms with E-state index in [0.29, 0.717) is 17.4 Å². The zero-order chi connectivity index (χ0) is 34.9. The molecule has 49 heavy (non-hydrogen) atoms. The van der Waals surface area contributed by atoms with Gasteiger partial charge in [-0.15, -0.1) is 0 Å². The van der Waals surface area contributed by atoms with Crippen molar-refractivity contribution in [2.24, 2.45) is 5.92 Å². The van der Waals surface area contributed by atoms with Crippen LogP contribution in [0.3, 0.4) is 0 Å². The van der Waals surface area contributed by atoms with Gasteiger partial charge in [0, 0.05) is 18.2 Å². The van der Waals surface area contributed by atoms with Gasteiger partial charge in [-0.3, -0.25) is 19.2 Å². The van der Waals surface area contributed by atoms with Gasteiger partial charge in [0.2, 0.25) is 17.7 Å². The van der Waals surface area contributed by atoms with Crippen molar-refractivity contribution in [2.75, 3.05) is 13.2 Å². The molecule has 0 unspecified atom stereocenters. The van der Waals surface area contributed by atoms with Crippen molar-refractivity contribution in [3.8, 4) is 23.2 Å². The Morgan fingerprint density at radius 2 is 1.78 bits per heavy atom. The largest absolute Gasteiger partial charge is 0.492 e. The van der Waals surface area contributed by atoms with E-state index in [0.717, 1.165) is 11.1 Å². The van der Waals surface area contributed by atoms with Crippen molar-refractivity contribution in [1.29, 1.82) is 5.26 Å². The number of carbonyl (C=O) groups is 4. The van der Waals surface area contributed by atoms with Crippen molar-refractivity contribution >= 4 is 23.6 Å². The smallest absolute Gasteiger partial charge is 0.253 e. The molecule has 0 aliphatic carbocycles. The van der Waals surface area contributed by atoms with Crippen LogP contribution in [0.1, 0.15) is 54.3 Å². The highest BCUT2D eigenvalue weighted by molar-refractivity contribution is 5.98. The Morgan fingerprint density at radius 3 is 2.45 bits per heavy atom. The first-order chi connectivity index (χ1) is 23.6. The summed E-state index contributed by atoms with van der Waals surface area (Å²) in [6.07, 6.45) is 1.37. The molecule has 14 heteroatoms. The van der Waals surface area contributed by atoms with Crippen LogP contribution >= 0.6 is 0 Å². The van der Waals surface area contributed by atoms with Gasteiger partial charge in [0.25, 0.3) is 5.91 Å². The quantitative estimate of drug-likeness (QED) is 0.253. The topological polar surface area (TPSA) is 193 Å². The van der Waals surface area contributed by atoms with Gasteiger partial charge in [-0.1, -0.05) is 56.3 Å². The van der Waals surface area contributed by atoms with E-state index in [1.807, 2.05) is 36.4 Å². The van der Waals surface area contributed by atoms with Crippen LogP contribution in [-0.4, -0.2) is 68.6 Å². The second-order valence-corrected chi connectivity index (χ2v) is 11.9. The highest BCUT2D eigenvalue weighted by Crippen LogP contribution is 2.20. The molecule has 6 rings (SSSR count). The maximum Gasteiger partial charge on any atom is 0.253 e. The lowest BCUT2D eigenvalue weighted by atomic mass is 10.0. The van der Waals surface area contributed by atoms with Gasteiger partial charge in [0.15, 0.2) is 5.82 Å². The van der Waals surface area contributed by atoms with E-state index in [1.165, 1.54) is 23.0 Å². The molecular formula is C35H37N9O5. The Kier molecular flexibility index (Phi) is 10.9. The van der Waals surface area contributed by atoms with Crippen molar-refractivity contribution in [3.05, 3.63) is 95.6 Å². The predicted octanol–water partition coefficient (Wildman–Crippen LogP) is 2.08. The van der Waals surface area contributed by atoms with E-state index < -0.39 is 35.8 Å². The summed E-state index contributed by atoms with van der Waals surface area (Å²) in [7, 11) is 0. The summed E-state index contributed by atoms with van der Waals surface area (Å²) >= 11 is 0. The fourth-order valence-electron chi connectivity index (χ4n) is 5.21. The number of hydrogen-bond acceptors (Lipinski definition) is 9. The lowest BCUT2D eigenvalue weighted by Gasteiger charge is -2.26. The lowest BCUT2D eigenvalue weighted by molar-refractivity contribution is -0.131. The maximum atomic E-state index is 13.8. The fraction of sp³-hybridized carbons (Fsp3) is 0.314. The third-order valence-electron chi connectivity index (χ3n) is 7.84. The summed E-state index contributed by atoms with van der Waals surface area (Å²) in [5.41, 5.74) is 1.78. The summed E-state index contributed by atoms with van der Waals surface area (Å²) < 4.78 is 7.25. The maximum absolute atomic E-state index is 13.8. The third-order valence-corrected chi connectivity index (χ3v) is 7.84. The molecule has 4 heterocycles. The zero-order valence-corrected chi connectivity index (χ0v) is 27.3. The minimum atomic E-state index is -1.07. The molecule has 0 saturated carbocycles. The Morgan fingerprint density at radius 1 is 1.02 bits per heavy atom. The molecule has 14 nitrogen and oxygen atoms in total. The van der Waals surface area contributed by atoms with Gasteiger partial charge in [-0.2, -0.15) is 10.4 Å². The standard InChI is InChI=1S/C35H37N9O5/c1-21(2)30-35(48)39-22(3)32-42-31(24-7-5-4-6-8-24)43-44(32)20-29(45)37-15-16-49-27-13-9-23(10-14-27)17-28(34(47)41-30)40-33(46)25-11-12-26(18-36)38-19-25/h4-14,19,21-22,28,30H,15-17,20H2,1-3H3,(H,37,45)(H,39,48)(H,40,46)(H,41,47)/t22-,28-,30+/m0/s1. The van der Waals surface area contributed by atoms with E-state index in [2.05, 4.69) is 36.3 Å². The number of pyridine rings is 1. The molecule has 0 fully saturated rings. The van der Waals surface area contributed by atoms with Gasteiger partial charge in [0.1, 0.15) is 48.6 Å². The number of rotatable bonds is 4. The van der Waals surface area contributed by atoms with E-state index in [9.17, 15) is 19.2 Å². The van der Waals surface area contributed by atoms with E-state index in [-0.39, 0.29) is 49.2 Å². The Labute approximate surface area is 283 Å². The van der Waals surface area contributed by atoms with Crippen LogP contribution in [0.25, 0.3) is 11.4 Å². The number of nitrogens with zero attached hydrogens (tertiary/aromatic N) is 5. The van der Waals surface area contributed by atoms with Crippen molar-refractivity contribution in [3.63, 3.8) is 0 Å². The number of carbonyl (C=O) groups excluding carboxylic acids is 4. The van der Waals surface area contributed by atoms with Gasteiger partial charge in [0.05, 0.1) is 18.2 Å². The van der Waals surface area contributed by atoms with Crippen LogP contribution in [0.2, 0.25) is 0 Å². The summed E-state index contributed by atoms with van der Waals surface area (Å²) in [5.74, 6) is -0.977. The van der Waals surface area contributed by atoms with Crippen LogP contribution in [-0.2, 0) is 27.3 Å². The van der Waals surface area contributed by atoms with Crippen LogP contribution in [0.15, 0.2) is 72.9 Å². The molecule has 0 spiro atoms. The molecule has 2 aromatic heterocycles. The number of fused-ring (bicyclic) bond motifs is 14. The lowest BCUT2D eigenvalue weighted by Crippen LogP contribution is -2.56. The molecule has 2 aromatic carbocycles. The van der Waals surface area contributed by atoms with Gasteiger partial charge < -0.3 is 26.0 Å². The van der Waals surface area contributed by atoms with Gasteiger partial charge >= 0.3 is 0 Å². The van der Waals surface area contributed by atoms with Crippen molar-refractivity contribution in [1.82, 2.24) is 41.0 Å². The number of nitrogens with one attached hydrogen (secondary N) is 4. The summed E-state index contributed by atoms with van der Waals surface area (Å²) in [4.78, 5) is 62.4. The average Bonchev–Trinajstić information content (AvgIpc) is 3.52. The number of benzene rings is 2. The average molecular weight is 664 g/mol. The SMILES string of the molecule is CC(C)[C@H]1NC(=O)[C@@H](NC(=O)c2ccc(C#N)nc2)Cc2ccc(cc2)OCCNC(=O)Cn2nc(-c3ccccc3)nc2[C@H](C)NC1=O. The van der Waals surface area contributed by atoms with E-state index >= 15 is 0 Å². The molecule has 4 N–H and O–H groups in total. The first kappa shape index (κ1) is 34.2. The molecule has 252 valence electrons. The molecular weight excluding hydrogens is 626 g/mol. The second kappa shape index (κ2) is 15.7. The predicted molar refractivity (Wildman–Crippen MR) is 178 cm³/mol. The van der Waals surface area contributed by atoms with Crippen molar-refractivity contribution in [2.45, 2.75) is 51.9 Å². The number of nitriles is 1. The monoisotopic (exact) mass is 663 g/mol. The summed E-state index contributed by atoms with van der Waals surface area (Å²) in [6, 6.07) is 18.3. The van der Waals surface area contributed by atoms with Crippen LogP contribution in [0.4, 0.5) is 0 Å². The highest BCUT2D eigenvalue weighted by atomic mass is 16.5. The molecule has 0 radical (unpaired) electrons. The van der Waals surface area contributed by atoms with Gasteiger partial charge in [-0.05, 0) is 42.7 Å². The first-order valence-corrected chi connectivity index (χ1v) is 15.9. The fourth-order valence-corrected chi connectivity index (χ4v) is 5.21. The molecule has 0 saturated heterocycles. The molecule has 4 amide bonds. The molecule has 2 aliphatic heterocycles. The Hall–Kier alpha value is -6.10. The van der Waals surface area contributed by atoms with E-state index in [1.54, 1.807) is 45.0 Å². The van der Waals surface area contributed by atoms with Crippen molar-refractivity contribution < 1.29 is 23.9 Å². The van der Waals surface area contributed by atoms with Crippen LogP contribution in [0, 0.1) is 17.2 Å². The number of aromatic nitrogens is 4. The zero-order valence-electron chi connectivity index (χ0n) is 27.3. The molecule has 2 bridgehead atoms. The minimum absolute atomic E-state index is 0.103. The van der Waals surface area contributed by atoms with Gasteiger partial charge in [-0.25, -0.2) is 14.6 Å². The van der Waals surface area contributed by atoms with E-state index in [4.69, 9.17) is 10.00 Å². The second-order valence-electron chi connectivity index (χ2n) is 11.9. The number of hydrogen-bond donors (Lipinski definition) is 4. The highest BCUT2D eigenvalue weighted by Gasteiger charge is 2.31. The summed E-state index contributed by atoms with van der Waals surface area (Å²) in [5, 5.41) is 25.0. The summed E-state index contributed by atoms with van der Waals surface area (Å²) in [6.45, 7) is 5.60. The Bertz CT molecular complexity index is 1830. The molecule has 2 aliphatic rings. The minimum Gasteiger partial charge on any atom is -0.492 e. The number of ether oxygens (including phenoxy) is 1. The Balaban J connectivity index is 1.45.